The van der Waals surface area contributed by atoms with E-state index in [1.165, 1.54) is 0 Å². The van der Waals surface area contributed by atoms with Gasteiger partial charge in [0.15, 0.2) is 5.65 Å². The third-order valence-electron chi connectivity index (χ3n) is 4.32. The standard InChI is InChI=1S/C18H13N9/c19-4-7-26-12-14(9-21-26)16-10-20-17-18(22-16)27(24-23-17)11-13-3-6-25-5-1-2-15(25)8-13/h1-3,5-6,8-10,12H,7,11H2. The summed E-state index contributed by atoms with van der Waals surface area (Å²) in [5, 5.41) is 21.2. The van der Waals surface area contributed by atoms with Crippen molar-refractivity contribution in [2.24, 2.45) is 0 Å². The predicted octanol–water partition coefficient (Wildman–Crippen LogP) is 1.91. The Morgan fingerprint density at radius 2 is 2.11 bits per heavy atom. The lowest BCUT2D eigenvalue weighted by atomic mass is 10.2. The second-order valence-electron chi connectivity index (χ2n) is 6.11. The first-order valence-electron chi connectivity index (χ1n) is 8.32. The van der Waals surface area contributed by atoms with Crippen LogP contribution in [0.2, 0.25) is 0 Å². The number of nitriles is 1. The van der Waals surface area contributed by atoms with Gasteiger partial charge in [0.25, 0.3) is 0 Å². The van der Waals surface area contributed by atoms with Crippen molar-refractivity contribution in [1.82, 2.24) is 39.1 Å². The Morgan fingerprint density at radius 3 is 3.04 bits per heavy atom. The first kappa shape index (κ1) is 15.2. The number of hydrogen-bond donors (Lipinski definition) is 0. The summed E-state index contributed by atoms with van der Waals surface area (Å²) in [4.78, 5) is 9.02. The van der Waals surface area contributed by atoms with Crippen LogP contribution >= 0.6 is 0 Å². The maximum absolute atomic E-state index is 8.78. The Bertz CT molecular complexity index is 1300. The summed E-state index contributed by atoms with van der Waals surface area (Å²) in [5.41, 5.74) is 4.78. The minimum atomic E-state index is 0.192. The number of rotatable bonds is 4. The van der Waals surface area contributed by atoms with Crippen molar-refractivity contribution in [2.75, 3.05) is 0 Å². The molecule has 0 aliphatic rings. The van der Waals surface area contributed by atoms with Crippen LogP contribution in [0.3, 0.4) is 0 Å². The molecule has 5 aromatic heterocycles. The molecule has 0 bridgehead atoms. The molecule has 5 aromatic rings. The molecule has 0 radical (unpaired) electrons. The van der Waals surface area contributed by atoms with E-state index in [1.807, 2.05) is 24.5 Å². The number of nitrogens with zero attached hydrogens (tertiary/aromatic N) is 9. The van der Waals surface area contributed by atoms with Crippen molar-refractivity contribution in [3.05, 3.63) is 60.8 Å². The number of fused-ring (bicyclic) bond motifs is 2. The molecule has 0 saturated carbocycles. The summed E-state index contributed by atoms with van der Waals surface area (Å²) in [7, 11) is 0. The molecule has 27 heavy (non-hydrogen) atoms. The molecule has 0 unspecified atom stereocenters. The summed E-state index contributed by atoms with van der Waals surface area (Å²) in [6, 6.07) is 10.3. The summed E-state index contributed by atoms with van der Waals surface area (Å²) in [6.45, 7) is 0.737. The van der Waals surface area contributed by atoms with Gasteiger partial charge in [0.1, 0.15) is 6.54 Å². The van der Waals surface area contributed by atoms with Gasteiger partial charge in [-0.15, -0.1) is 5.10 Å². The Kier molecular flexibility index (Phi) is 3.40. The molecule has 0 saturated heterocycles. The number of pyridine rings is 1. The highest BCUT2D eigenvalue weighted by Crippen LogP contribution is 2.18. The molecule has 0 spiro atoms. The van der Waals surface area contributed by atoms with E-state index in [9.17, 15) is 0 Å². The topological polar surface area (TPSA) is 103 Å². The zero-order valence-corrected chi connectivity index (χ0v) is 14.1. The van der Waals surface area contributed by atoms with Gasteiger partial charge in [-0.05, 0) is 29.8 Å². The molecule has 9 heteroatoms. The second-order valence-corrected chi connectivity index (χ2v) is 6.11. The predicted molar refractivity (Wildman–Crippen MR) is 96.5 cm³/mol. The second kappa shape index (κ2) is 6.03. The first-order chi connectivity index (χ1) is 13.3. The fourth-order valence-electron chi connectivity index (χ4n) is 3.01. The van der Waals surface area contributed by atoms with Crippen LogP contribution in [0.25, 0.3) is 28.1 Å². The largest absolute Gasteiger partial charge is 0.324 e. The van der Waals surface area contributed by atoms with E-state index in [1.54, 1.807) is 28.0 Å². The van der Waals surface area contributed by atoms with Crippen molar-refractivity contribution in [3.63, 3.8) is 0 Å². The van der Waals surface area contributed by atoms with Gasteiger partial charge in [-0.1, -0.05) is 5.21 Å². The van der Waals surface area contributed by atoms with Gasteiger partial charge in [-0.3, -0.25) is 4.68 Å². The molecule has 5 rings (SSSR count). The van der Waals surface area contributed by atoms with Gasteiger partial charge >= 0.3 is 0 Å². The molecule has 130 valence electrons. The Balaban J connectivity index is 1.51. The third-order valence-corrected chi connectivity index (χ3v) is 4.32. The third kappa shape index (κ3) is 2.69. The van der Waals surface area contributed by atoms with Crippen LogP contribution in [0.4, 0.5) is 0 Å². The van der Waals surface area contributed by atoms with Crippen molar-refractivity contribution in [3.8, 4) is 17.3 Å². The average Bonchev–Trinajstić information content (AvgIpc) is 3.41. The summed E-state index contributed by atoms with van der Waals surface area (Å²) < 4.78 is 5.35. The normalized spacial score (nSPS) is 11.2. The molecular weight excluding hydrogens is 342 g/mol. The Morgan fingerprint density at radius 1 is 1.15 bits per heavy atom. The molecule has 0 aliphatic heterocycles. The van der Waals surface area contributed by atoms with Gasteiger partial charge in [-0.25, -0.2) is 14.6 Å². The van der Waals surface area contributed by atoms with E-state index < -0.39 is 0 Å². The average molecular weight is 355 g/mol. The monoisotopic (exact) mass is 355 g/mol. The summed E-state index contributed by atoms with van der Waals surface area (Å²) in [5.74, 6) is 0. The van der Waals surface area contributed by atoms with Gasteiger partial charge in [0.05, 0.1) is 30.7 Å². The van der Waals surface area contributed by atoms with E-state index >= 15 is 0 Å². The minimum Gasteiger partial charge on any atom is -0.324 e. The van der Waals surface area contributed by atoms with Gasteiger partial charge < -0.3 is 4.40 Å². The fourth-order valence-corrected chi connectivity index (χ4v) is 3.01. The van der Waals surface area contributed by atoms with E-state index in [2.05, 4.69) is 48.0 Å². The van der Waals surface area contributed by atoms with Gasteiger partial charge in [0, 0.05) is 29.7 Å². The smallest absolute Gasteiger partial charge is 0.221 e. The maximum atomic E-state index is 8.78. The lowest BCUT2D eigenvalue weighted by Gasteiger charge is -2.04. The maximum Gasteiger partial charge on any atom is 0.221 e. The molecular formula is C18H13N9. The lowest BCUT2D eigenvalue weighted by Crippen LogP contribution is -2.04. The van der Waals surface area contributed by atoms with Crippen LogP contribution in [0.1, 0.15) is 5.56 Å². The van der Waals surface area contributed by atoms with Crippen molar-refractivity contribution < 1.29 is 0 Å². The highest BCUT2D eigenvalue weighted by molar-refractivity contribution is 5.69. The van der Waals surface area contributed by atoms with Crippen LogP contribution < -0.4 is 0 Å². The zero-order chi connectivity index (χ0) is 18.2. The fraction of sp³-hybridized carbons (Fsp3) is 0.111. The highest BCUT2D eigenvalue weighted by Gasteiger charge is 2.12. The van der Waals surface area contributed by atoms with Crippen molar-refractivity contribution in [1.29, 1.82) is 5.26 Å². The quantitative estimate of drug-likeness (QED) is 0.488. The van der Waals surface area contributed by atoms with E-state index in [4.69, 9.17) is 5.26 Å². The number of aromatic nitrogens is 8. The minimum absolute atomic E-state index is 0.192. The molecule has 0 fully saturated rings. The van der Waals surface area contributed by atoms with Crippen molar-refractivity contribution >= 4 is 16.8 Å². The first-order valence-corrected chi connectivity index (χ1v) is 8.32. The highest BCUT2D eigenvalue weighted by atomic mass is 15.4. The van der Waals surface area contributed by atoms with Gasteiger partial charge in [0.2, 0.25) is 5.65 Å². The lowest BCUT2D eigenvalue weighted by molar-refractivity contribution is 0.664. The summed E-state index contributed by atoms with van der Waals surface area (Å²) >= 11 is 0. The summed E-state index contributed by atoms with van der Waals surface area (Å²) in [6.07, 6.45) is 9.11. The Hall–Kier alpha value is -4.06. The van der Waals surface area contributed by atoms with Crippen LogP contribution in [0.5, 0.6) is 0 Å². The number of hydrogen-bond acceptors (Lipinski definition) is 6. The molecule has 9 nitrogen and oxygen atoms in total. The zero-order valence-electron chi connectivity index (χ0n) is 14.1. The van der Waals surface area contributed by atoms with Crippen LogP contribution in [-0.4, -0.2) is 39.1 Å². The SMILES string of the molecule is N#CCn1cc(-c2cnc3nnn(Cc4ccn5cccc5c4)c3n2)cn1. The molecule has 0 atom stereocenters. The molecule has 0 amide bonds. The molecule has 0 N–H and O–H groups in total. The van der Waals surface area contributed by atoms with Crippen LogP contribution in [0.15, 0.2) is 55.2 Å². The van der Waals surface area contributed by atoms with E-state index in [0.29, 0.717) is 23.5 Å². The molecule has 0 aliphatic carbocycles. The van der Waals surface area contributed by atoms with E-state index in [-0.39, 0.29) is 6.54 Å². The van der Waals surface area contributed by atoms with Crippen LogP contribution in [0, 0.1) is 11.3 Å². The Labute approximate surface area is 153 Å². The molecule has 0 aromatic carbocycles. The van der Waals surface area contributed by atoms with Gasteiger partial charge in [-0.2, -0.15) is 10.4 Å². The van der Waals surface area contributed by atoms with Crippen LogP contribution in [-0.2, 0) is 13.1 Å². The van der Waals surface area contributed by atoms with E-state index in [0.717, 1.165) is 16.6 Å². The van der Waals surface area contributed by atoms with Crippen molar-refractivity contribution in [2.45, 2.75) is 13.1 Å². The molecule has 5 heterocycles.